The maximum absolute atomic E-state index is 12.4. The summed E-state index contributed by atoms with van der Waals surface area (Å²) in [6.07, 6.45) is -0.809. The molecule has 0 aliphatic heterocycles. The van der Waals surface area contributed by atoms with Crippen molar-refractivity contribution in [1.29, 1.82) is 0 Å². The van der Waals surface area contributed by atoms with E-state index in [0.717, 1.165) is 0 Å². The fourth-order valence-corrected chi connectivity index (χ4v) is 4.42. The SMILES string of the molecule is O=C(O)C(=O)CC(=O)c1ccc(S(=O)(=O)c2ccc(Cl)cc2)s1. The van der Waals surface area contributed by atoms with Crippen molar-refractivity contribution in [2.45, 2.75) is 15.5 Å². The van der Waals surface area contributed by atoms with E-state index in [2.05, 4.69) is 0 Å². The topological polar surface area (TPSA) is 106 Å². The zero-order valence-electron chi connectivity index (χ0n) is 11.4. The van der Waals surface area contributed by atoms with Crippen LogP contribution in [0.4, 0.5) is 0 Å². The number of carboxylic acid groups (broad SMARTS) is 1. The van der Waals surface area contributed by atoms with Gasteiger partial charge in [-0.2, -0.15) is 0 Å². The number of thiophene rings is 1. The van der Waals surface area contributed by atoms with Gasteiger partial charge in [0, 0.05) is 5.02 Å². The molecule has 2 aromatic rings. The van der Waals surface area contributed by atoms with Crippen molar-refractivity contribution in [2.24, 2.45) is 0 Å². The first-order valence-corrected chi connectivity index (χ1v) is 8.79. The molecule has 1 aromatic heterocycles. The number of benzene rings is 1. The number of aliphatic carboxylic acids is 1. The molecular formula is C14H9ClO6S2. The second kappa shape index (κ2) is 6.61. The number of hydrogen-bond donors (Lipinski definition) is 1. The first-order valence-electron chi connectivity index (χ1n) is 6.11. The quantitative estimate of drug-likeness (QED) is 0.474. The first kappa shape index (κ1) is 17.3. The predicted molar refractivity (Wildman–Crippen MR) is 82.8 cm³/mol. The molecule has 0 amide bonds. The van der Waals surface area contributed by atoms with E-state index >= 15 is 0 Å². The van der Waals surface area contributed by atoms with E-state index in [4.69, 9.17) is 16.7 Å². The van der Waals surface area contributed by atoms with E-state index in [-0.39, 0.29) is 14.0 Å². The highest BCUT2D eigenvalue weighted by molar-refractivity contribution is 7.93. The Bertz CT molecular complexity index is 880. The molecule has 0 atom stereocenters. The number of hydrogen-bond acceptors (Lipinski definition) is 6. The lowest BCUT2D eigenvalue weighted by molar-refractivity contribution is -0.148. The molecule has 0 fully saturated rings. The van der Waals surface area contributed by atoms with Crippen LogP contribution in [0.5, 0.6) is 0 Å². The maximum atomic E-state index is 12.4. The Balaban J connectivity index is 2.28. The van der Waals surface area contributed by atoms with E-state index in [9.17, 15) is 22.8 Å². The molecule has 120 valence electrons. The van der Waals surface area contributed by atoms with E-state index in [1.54, 1.807) is 0 Å². The van der Waals surface area contributed by atoms with Crippen LogP contribution in [0.2, 0.25) is 5.02 Å². The summed E-state index contributed by atoms with van der Waals surface area (Å²) in [5.41, 5.74) is 0. The number of Topliss-reactive ketones (excluding diaryl/α,β-unsaturated/α-hetero) is 2. The van der Waals surface area contributed by atoms with E-state index in [1.807, 2.05) is 0 Å². The minimum Gasteiger partial charge on any atom is -0.475 e. The van der Waals surface area contributed by atoms with Gasteiger partial charge < -0.3 is 5.11 Å². The van der Waals surface area contributed by atoms with Crippen molar-refractivity contribution in [3.63, 3.8) is 0 Å². The fourth-order valence-electron chi connectivity index (χ4n) is 1.65. The Labute approximate surface area is 140 Å². The van der Waals surface area contributed by atoms with Crippen LogP contribution in [0.15, 0.2) is 45.5 Å². The summed E-state index contributed by atoms with van der Waals surface area (Å²) in [7, 11) is -3.81. The van der Waals surface area contributed by atoms with Crippen LogP contribution in [-0.4, -0.2) is 31.1 Å². The molecule has 1 N–H and O–H groups in total. The third-order valence-corrected chi connectivity index (χ3v) is 6.44. The van der Waals surface area contributed by atoms with Gasteiger partial charge in [0.1, 0.15) is 4.21 Å². The van der Waals surface area contributed by atoms with Gasteiger partial charge >= 0.3 is 5.97 Å². The highest BCUT2D eigenvalue weighted by Gasteiger charge is 2.23. The monoisotopic (exact) mass is 372 g/mol. The van der Waals surface area contributed by atoms with Crippen LogP contribution < -0.4 is 0 Å². The molecule has 0 saturated carbocycles. The van der Waals surface area contributed by atoms with Crippen molar-refractivity contribution >= 4 is 50.3 Å². The highest BCUT2D eigenvalue weighted by atomic mass is 35.5. The van der Waals surface area contributed by atoms with Gasteiger partial charge in [-0.25, -0.2) is 13.2 Å². The molecule has 1 heterocycles. The van der Waals surface area contributed by atoms with Crippen molar-refractivity contribution in [3.05, 3.63) is 46.3 Å². The maximum Gasteiger partial charge on any atom is 0.372 e. The lowest BCUT2D eigenvalue weighted by Gasteiger charge is -2.01. The van der Waals surface area contributed by atoms with E-state index in [1.165, 1.54) is 36.4 Å². The number of rotatable bonds is 6. The Hall–Kier alpha value is -2.03. The minimum absolute atomic E-state index is 0.00661. The van der Waals surface area contributed by atoms with Gasteiger partial charge in [0.25, 0.3) is 0 Å². The van der Waals surface area contributed by atoms with Gasteiger partial charge in [-0.1, -0.05) is 11.6 Å². The molecule has 0 bridgehead atoms. The summed E-state index contributed by atoms with van der Waals surface area (Å²) in [5.74, 6) is -3.69. The molecule has 23 heavy (non-hydrogen) atoms. The number of carbonyl (C=O) groups is 3. The second-order valence-electron chi connectivity index (χ2n) is 4.40. The molecule has 1 aromatic carbocycles. The lowest BCUT2D eigenvalue weighted by Crippen LogP contribution is -2.16. The highest BCUT2D eigenvalue weighted by Crippen LogP contribution is 2.29. The molecule has 0 unspecified atom stereocenters. The Morgan fingerprint density at radius 3 is 2.22 bits per heavy atom. The molecule has 0 saturated heterocycles. The first-order chi connectivity index (χ1) is 10.7. The summed E-state index contributed by atoms with van der Waals surface area (Å²) < 4.78 is 24.7. The summed E-state index contributed by atoms with van der Waals surface area (Å²) >= 11 is 6.40. The summed E-state index contributed by atoms with van der Waals surface area (Å²) in [6.45, 7) is 0. The van der Waals surface area contributed by atoms with Crippen molar-refractivity contribution in [2.75, 3.05) is 0 Å². The average molecular weight is 373 g/mol. The molecule has 0 aliphatic rings. The van der Waals surface area contributed by atoms with Gasteiger partial charge in [-0.05, 0) is 36.4 Å². The van der Waals surface area contributed by atoms with Crippen molar-refractivity contribution in [3.8, 4) is 0 Å². The molecule has 0 radical (unpaired) electrons. The van der Waals surface area contributed by atoms with Crippen molar-refractivity contribution in [1.82, 2.24) is 0 Å². The molecule has 2 rings (SSSR count). The molecule has 0 aliphatic carbocycles. The lowest BCUT2D eigenvalue weighted by atomic mass is 10.2. The summed E-state index contributed by atoms with van der Waals surface area (Å²) in [4.78, 5) is 33.3. The van der Waals surface area contributed by atoms with Crippen molar-refractivity contribution < 1.29 is 27.9 Å². The number of sulfone groups is 1. The van der Waals surface area contributed by atoms with Gasteiger partial charge in [-0.15, -0.1) is 11.3 Å². The standard InChI is InChI=1S/C14H9ClO6S2/c15-8-1-3-9(4-2-8)23(20,21)13-6-5-12(22-13)10(16)7-11(17)14(18)19/h1-6H,7H2,(H,18,19). The largest absolute Gasteiger partial charge is 0.475 e. The van der Waals surface area contributed by atoms with Gasteiger partial charge in [0.15, 0.2) is 5.78 Å². The Morgan fingerprint density at radius 2 is 1.65 bits per heavy atom. The predicted octanol–water partition coefficient (Wildman–Crippen LogP) is 2.46. The normalized spacial score (nSPS) is 11.2. The van der Waals surface area contributed by atoms with Crippen LogP contribution in [0, 0.1) is 0 Å². The van der Waals surface area contributed by atoms with Crippen LogP contribution in [0.3, 0.4) is 0 Å². The number of halogens is 1. The number of ketones is 2. The van der Waals surface area contributed by atoms with E-state index < -0.39 is 33.8 Å². The number of carbonyl (C=O) groups excluding carboxylic acids is 2. The molecule has 6 nitrogen and oxygen atoms in total. The molecular weight excluding hydrogens is 364 g/mol. The minimum atomic E-state index is -3.81. The summed E-state index contributed by atoms with van der Waals surface area (Å²) in [6, 6.07) is 8.04. The Morgan fingerprint density at radius 1 is 1.04 bits per heavy atom. The van der Waals surface area contributed by atoms with Crippen LogP contribution in [-0.2, 0) is 19.4 Å². The molecule has 0 spiro atoms. The number of carboxylic acids is 1. The fraction of sp³-hybridized carbons (Fsp3) is 0.0714. The van der Waals surface area contributed by atoms with Gasteiger partial charge in [0.2, 0.25) is 15.6 Å². The zero-order valence-corrected chi connectivity index (χ0v) is 13.7. The van der Waals surface area contributed by atoms with Gasteiger partial charge in [0.05, 0.1) is 16.2 Å². The third-order valence-electron chi connectivity index (χ3n) is 2.80. The zero-order chi connectivity index (χ0) is 17.2. The van der Waals surface area contributed by atoms with Gasteiger partial charge in [-0.3, -0.25) is 9.59 Å². The van der Waals surface area contributed by atoms with Crippen LogP contribution >= 0.6 is 22.9 Å². The summed E-state index contributed by atoms with van der Waals surface area (Å²) in [5, 5.41) is 8.87. The van der Waals surface area contributed by atoms with Crippen LogP contribution in [0.25, 0.3) is 0 Å². The second-order valence-corrected chi connectivity index (χ2v) is 8.10. The van der Waals surface area contributed by atoms with E-state index in [0.29, 0.717) is 16.4 Å². The van der Waals surface area contributed by atoms with Crippen LogP contribution in [0.1, 0.15) is 16.1 Å². The molecule has 9 heteroatoms. The Kier molecular flexibility index (Phi) is 4.98. The third kappa shape index (κ3) is 3.84. The smallest absolute Gasteiger partial charge is 0.372 e. The average Bonchev–Trinajstić information content (AvgIpc) is 2.98.